The minimum absolute atomic E-state index is 0.216. The zero-order valence-electron chi connectivity index (χ0n) is 15.8. The summed E-state index contributed by atoms with van der Waals surface area (Å²) in [5.74, 6) is -2.01. The third-order valence-corrected chi connectivity index (χ3v) is 4.91. The van der Waals surface area contributed by atoms with E-state index in [1.54, 1.807) is 18.7 Å². The van der Waals surface area contributed by atoms with E-state index in [0.29, 0.717) is 18.7 Å². The Kier molecular flexibility index (Phi) is 6.84. The fourth-order valence-corrected chi connectivity index (χ4v) is 3.05. The number of nitrogens with zero attached hydrogens (tertiary/aromatic N) is 3. The number of rotatable bonds is 6. The maximum absolute atomic E-state index is 14.0. The molecule has 1 fully saturated rings. The van der Waals surface area contributed by atoms with Crippen molar-refractivity contribution < 1.29 is 18.9 Å². The molecule has 1 aliphatic rings. The third kappa shape index (κ3) is 5.00. The molecule has 8 nitrogen and oxygen atoms in total. The number of nitrogens with one attached hydrogen (secondary N) is 1. The lowest BCUT2D eigenvalue weighted by Crippen LogP contribution is -2.55. The highest BCUT2D eigenvalue weighted by Crippen LogP contribution is 2.26. The van der Waals surface area contributed by atoms with Crippen molar-refractivity contribution in [1.82, 2.24) is 15.1 Å². The minimum atomic E-state index is -0.961. The van der Waals surface area contributed by atoms with E-state index in [2.05, 4.69) is 10.2 Å². The van der Waals surface area contributed by atoms with E-state index in [4.69, 9.17) is 0 Å². The fraction of sp³-hybridized carbons (Fsp3) is 0.556. The number of benzene rings is 1. The number of likely N-dealkylation sites (N-methyl/N-ethyl adjacent to an activating group) is 1. The molecular weight excluding hydrogens is 355 g/mol. The number of hydrogen-bond donors (Lipinski definition) is 1. The second-order valence-corrected chi connectivity index (χ2v) is 6.78. The lowest BCUT2D eigenvalue weighted by Gasteiger charge is -2.36. The highest BCUT2D eigenvalue weighted by atomic mass is 19.1. The quantitative estimate of drug-likeness (QED) is 0.596. The highest BCUT2D eigenvalue weighted by molar-refractivity contribution is 5.88. The molecule has 1 N–H and O–H groups in total. The molecule has 0 aliphatic carbocycles. The maximum atomic E-state index is 14.0. The van der Waals surface area contributed by atoms with Crippen LogP contribution in [0.2, 0.25) is 0 Å². The van der Waals surface area contributed by atoms with Crippen LogP contribution in [0.4, 0.5) is 10.1 Å². The number of nitro groups is 1. The van der Waals surface area contributed by atoms with Gasteiger partial charge >= 0.3 is 5.69 Å². The summed E-state index contributed by atoms with van der Waals surface area (Å²) in [5.41, 5.74) is -0.201. The van der Waals surface area contributed by atoms with Crippen LogP contribution in [0.15, 0.2) is 18.2 Å². The van der Waals surface area contributed by atoms with Crippen LogP contribution in [0.5, 0.6) is 0 Å². The maximum Gasteiger partial charge on any atom is 0.304 e. The molecule has 9 heteroatoms. The Morgan fingerprint density at radius 3 is 2.44 bits per heavy atom. The Hall–Kier alpha value is -2.55. The summed E-state index contributed by atoms with van der Waals surface area (Å²) in [7, 11) is 1.97. The summed E-state index contributed by atoms with van der Waals surface area (Å²) >= 11 is 0. The minimum Gasteiger partial charge on any atom is -0.344 e. The number of amides is 2. The summed E-state index contributed by atoms with van der Waals surface area (Å²) in [6.45, 7) is 5.96. The SMILES string of the molecule is CCC(=O)N[C@@H](C(=O)N1CCN(C)CC1)[C@@H](C)c1ccc([N+](=O)[O-])c(F)c1. The average molecular weight is 380 g/mol. The van der Waals surface area contributed by atoms with Gasteiger partial charge in [-0.25, -0.2) is 0 Å². The zero-order chi connectivity index (χ0) is 20.1. The predicted molar refractivity (Wildman–Crippen MR) is 97.8 cm³/mol. The lowest BCUT2D eigenvalue weighted by atomic mass is 9.91. The van der Waals surface area contributed by atoms with Crippen LogP contribution in [0.25, 0.3) is 0 Å². The summed E-state index contributed by atoms with van der Waals surface area (Å²) in [4.78, 5) is 38.8. The molecule has 1 saturated heterocycles. The van der Waals surface area contributed by atoms with Crippen LogP contribution in [0.1, 0.15) is 31.7 Å². The zero-order valence-corrected chi connectivity index (χ0v) is 15.8. The fourth-order valence-electron chi connectivity index (χ4n) is 3.05. The van der Waals surface area contributed by atoms with Gasteiger partial charge in [-0.3, -0.25) is 19.7 Å². The van der Waals surface area contributed by atoms with Gasteiger partial charge < -0.3 is 15.1 Å². The molecule has 2 atom stereocenters. The largest absolute Gasteiger partial charge is 0.344 e. The van der Waals surface area contributed by atoms with E-state index in [0.717, 1.165) is 25.2 Å². The molecule has 148 valence electrons. The van der Waals surface area contributed by atoms with Crippen LogP contribution < -0.4 is 5.32 Å². The Morgan fingerprint density at radius 2 is 1.93 bits per heavy atom. The molecule has 1 heterocycles. The summed E-state index contributed by atoms with van der Waals surface area (Å²) in [6.07, 6.45) is 0.216. The van der Waals surface area contributed by atoms with E-state index in [1.165, 1.54) is 6.07 Å². The molecular formula is C18H25FN4O4. The second-order valence-electron chi connectivity index (χ2n) is 6.78. The normalized spacial score (nSPS) is 17.3. The van der Waals surface area contributed by atoms with Gasteiger partial charge in [0.15, 0.2) is 0 Å². The standard InChI is InChI=1S/C18H25FN4O4/c1-4-16(24)20-17(18(25)22-9-7-21(3)8-10-22)12(2)13-5-6-15(23(26)27)14(19)11-13/h5-6,11-12,17H,4,7-10H2,1-3H3,(H,20,24)/t12-,17+/m0/s1. The number of hydrogen-bond acceptors (Lipinski definition) is 5. The Labute approximate surface area is 157 Å². The monoisotopic (exact) mass is 380 g/mol. The Balaban J connectivity index is 2.27. The van der Waals surface area contributed by atoms with Crippen molar-refractivity contribution in [2.24, 2.45) is 0 Å². The van der Waals surface area contributed by atoms with Gasteiger partial charge in [-0.15, -0.1) is 0 Å². The van der Waals surface area contributed by atoms with Gasteiger partial charge in [-0.1, -0.05) is 19.9 Å². The van der Waals surface area contributed by atoms with E-state index in [9.17, 15) is 24.1 Å². The molecule has 0 saturated carbocycles. The van der Waals surface area contributed by atoms with Crippen LogP contribution >= 0.6 is 0 Å². The van der Waals surface area contributed by atoms with Gasteiger partial charge in [-0.2, -0.15) is 4.39 Å². The molecule has 0 spiro atoms. The molecule has 0 aromatic heterocycles. The molecule has 1 aromatic rings. The highest BCUT2D eigenvalue weighted by Gasteiger charge is 2.33. The third-order valence-electron chi connectivity index (χ3n) is 4.91. The molecule has 27 heavy (non-hydrogen) atoms. The number of piperazine rings is 1. The van der Waals surface area contributed by atoms with Crippen molar-refractivity contribution >= 4 is 17.5 Å². The van der Waals surface area contributed by atoms with Crippen LogP contribution in [0, 0.1) is 15.9 Å². The van der Waals surface area contributed by atoms with Gasteiger partial charge in [0.1, 0.15) is 6.04 Å². The van der Waals surface area contributed by atoms with Crippen molar-refractivity contribution in [3.8, 4) is 0 Å². The van der Waals surface area contributed by atoms with Crippen molar-refractivity contribution in [1.29, 1.82) is 0 Å². The van der Waals surface area contributed by atoms with Crippen molar-refractivity contribution in [3.05, 3.63) is 39.7 Å². The van der Waals surface area contributed by atoms with E-state index in [1.807, 2.05) is 7.05 Å². The summed E-state index contributed by atoms with van der Waals surface area (Å²) in [5, 5.41) is 13.5. The summed E-state index contributed by atoms with van der Waals surface area (Å²) < 4.78 is 14.0. The van der Waals surface area contributed by atoms with Gasteiger partial charge in [0, 0.05) is 44.6 Å². The summed E-state index contributed by atoms with van der Waals surface area (Å²) in [6, 6.07) is 2.71. The van der Waals surface area contributed by atoms with E-state index < -0.39 is 28.4 Å². The molecule has 2 amide bonds. The Bertz CT molecular complexity index is 719. The number of nitro benzene ring substituents is 1. The topological polar surface area (TPSA) is 95.8 Å². The van der Waals surface area contributed by atoms with E-state index >= 15 is 0 Å². The van der Waals surface area contributed by atoms with Gasteiger partial charge in [-0.05, 0) is 18.7 Å². The molecule has 0 radical (unpaired) electrons. The molecule has 0 bridgehead atoms. The van der Waals surface area contributed by atoms with Crippen molar-refractivity contribution in [3.63, 3.8) is 0 Å². The van der Waals surface area contributed by atoms with Crippen molar-refractivity contribution in [2.75, 3.05) is 33.2 Å². The van der Waals surface area contributed by atoms with E-state index in [-0.39, 0.29) is 18.2 Å². The number of carbonyl (C=O) groups excluding carboxylic acids is 2. The first-order valence-corrected chi connectivity index (χ1v) is 8.95. The second kappa shape index (κ2) is 8.90. The predicted octanol–water partition coefficient (Wildman–Crippen LogP) is 1.51. The number of carbonyl (C=O) groups is 2. The van der Waals surface area contributed by atoms with Gasteiger partial charge in [0.25, 0.3) is 0 Å². The first-order valence-electron chi connectivity index (χ1n) is 8.95. The first-order chi connectivity index (χ1) is 12.7. The van der Waals surface area contributed by atoms with Crippen LogP contribution in [-0.2, 0) is 9.59 Å². The van der Waals surface area contributed by atoms with Gasteiger partial charge in [0.05, 0.1) is 4.92 Å². The molecule has 1 aliphatic heterocycles. The first kappa shape index (κ1) is 20.8. The van der Waals surface area contributed by atoms with Crippen LogP contribution in [0.3, 0.4) is 0 Å². The van der Waals surface area contributed by atoms with Crippen molar-refractivity contribution in [2.45, 2.75) is 32.2 Å². The smallest absolute Gasteiger partial charge is 0.304 e. The van der Waals surface area contributed by atoms with Crippen LogP contribution in [-0.4, -0.2) is 65.8 Å². The Morgan fingerprint density at radius 1 is 1.30 bits per heavy atom. The molecule has 1 aromatic carbocycles. The number of halogens is 1. The average Bonchev–Trinajstić information content (AvgIpc) is 2.65. The lowest BCUT2D eigenvalue weighted by molar-refractivity contribution is -0.387. The van der Waals surface area contributed by atoms with Gasteiger partial charge in [0.2, 0.25) is 17.6 Å². The molecule has 2 rings (SSSR count). The molecule has 0 unspecified atom stereocenters.